The monoisotopic (exact) mass is 452 g/mol. The maximum absolute atomic E-state index is 13.0. The minimum Gasteiger partial charge on any atom is -0.493 e. The normalized spacial score (nSPS) is 15.4. The second-order valence-corrected chi connectivity index (χ2v) is 8.89. The predicted octanol–water partition coefficient (Wildman–Crippen LogP) is 5.38. The largest absolute Gasteiger partial charge is 0.493 e. The highest BCUT2D eigenvalue weighted by atomic mass is 32.1. The molecule has 1 unspecified atom stereocenters. The van der Waals surface area contributed by atoms with E-state index >= 15 is 0 Å². The Labute approximate surface area is 192 Å². The molecule has 1 aliphatic carbocycles. The lowest BCUT2D eigenvalue weighted by molar-refractivity contribution is -0.112. The molecule has 7 heteroatoms. The van der Waals surface area contributed by atoms with E-state index < -0.39 is 11.9 Å². The summed E-state index contributed by atoms with van der Waals surface area (Å²) in [5, 5.41) is 12.9. The number of nitriles is 1. The molecule has 0 radical (unpaired) electrons. The second-order valence-electron chi connectivity index (χ2n) is 7.79. The number of esters is 1. The van der Waals surface area contributed by atoms with Crippen LogP contribution in [-0.2, 0) is 22.4 Å². The number of carbonyl (C=O) groups excluding carboxylic acids is 2. The van der Waals surface area contributed by atoms with E-state index in [1.165, 1.54) is 17.4 Å². The van der Waals surface area contributed by atoms with E-state index in [1.54, 1.807) is 13.0 Å². The first-order valence-electron chi connectivity index (χ1n) is 10.9. The third kappa shape index (κ3) is 5.38. The van der Waals surface area contributed by atoms with Gasteiger partial charge in [0.2, 0.25) is 0 Å². The molecule has 1 atom stereocenters. The topological polar surface area (TPSA) is 88.4 Å². The highest BCUT2D eigenvalue weighted by Crippen LogP contribution is 2.40. The van der Waals surface area contributed by atoms with Gasteiger partial charge in [-0.1, -0.05) is 32.0 Å². The van der Waals surface area contributed by atoms with Crippen molar-refractivity contribution in [3.05, 3.63) is 51.4 Å². The maximum atomic E-state index is 13.0. The lowest BCUT2D eigenvalue weighted by Gasteiger charge is -2.18. The number of ether oxygens (including phenoxy) is 2. The summed E-state index contributed by atoms with van der Waals surface area (Å²) >= 11 is 1.40. The van der Waals surface area contributed by atoms with Gasteiger partial charge in [0.05, 0.1) is 18.8 Å². The molecule has 168 valence electrons. The Morgan fingerprint density at radius 1 is 1.31 bits per heavy atom. The van der Waals surface area contributed by atoms with Gasteiger partial charge in [0.1, 0.15) is 22.4 Å². The van der Waals surface area contributed by atoms with Crippen molar-refractivity contribution in [2.45, 2.75) is 46.5 Å². The quantitative estimate of drug-likeness (QED) is 0.330. The van der Waals surface area contributed by atoms with Crippen molar-refractivity contribution in [1.82, 2.24) is 0 Å². The van der Waals surface area contributed by atoms with E-state index in [4.69, 9.17) is 9.47 Å². The van der Waals surface area contributed by atoms with E-state index in [-0.39, 0.29) is 12.2 Å². The van der Waals surface area contributed by atoms with E-state index in [0.29, 0.717) is 34.4 Å². The number of anilines is 1. The van der Waals surface area contributed by atoms with Crippen molar-refractivity contribution in [3.8, 4) is 11.8 Å². The Kier molecular flexibility index (Phi) is 8.07. The van der Waals surface area contributed by atoms with Crippen LogP contribution in [0.1, 0.15) is 60.0 Å². The Morgan fingerprint density at radius 2 is 2.09 bits per heavy atom. The zero-order valence-electron chi connectivity index (χ0n) is 18.7. The van der Waals surface area contributed by atoms with E-state index in [2.05, 4.69) is 12.2 Å². The summed E-state index contributed by atoms with van der Waals surface area (Å²) in [7, 11) is 0. The van der Waals surface area contributed by atoms with Crippen LogP contribution in [0.25, 0.3) is 6.08 Å². The predicted molar refractivity (Wildman–Crippen MR) is 126 cm³/mol. The van der Waals surface area contributed by atoms with Crippen LogP contribution in [0.4, 0.5) is 5.00 Å². The average molecular weight is 453 g/mol. The van der Waals surface area contributed by atoms with Crippen LogP contribution in [0.2, 0.25) is 0 Å². The van der Waals surface area contributed by atoms with Gasteiger partial charge in [-0.3, -0.25) is 4.79 Å². The molecular formula is C25H28N2O4S. The van der Waals surface area contributed by atoms with Gasteiger partial charge < -0.3 is 14.8 Å². The summed E-state index contributed by atoms with van der Waals surface area (Å²) in [4.78, 5) is 26.8. The number of hydrogen-bond acceptors (Lipinski definition) is 6. The van der Waals surface area contributed by atoms with Crippen LogP contribution < -0.4 is 10.1 Å². The summed E-state index contributed by atoms with van der Waals surface area (Å²) in [6, 6.07) is 9.25. The van der Waals surface area contributed by atoms with Gasteiger partial charge in [-0.15, -0.1) is 11.3 Å². The number of hydrogen-bond donors (Lipinski definition) is 1. The Bertz CT molecular complexity index is 1060. The minimum atomic E-state index is -0.560. The molecule has 1 aliphatic rings. The molecule has 1 aromatic heterocycles. The first kappa shape index (κ1) is 23.6. The number of rotatable bonds is 8. The van der Waals surface area contributed by atoms with E-state index in [9.17, 15) is 14.9 Å². The second kappa shape index (κ2) is 11.0. The molecule has 6 nitrogen and oxygen atoms in total. The van der Waals surface area contributed by atoms with Crippen molar-refractivity contribution in [3.63, 3.8) is 0 Å². The Morgan fingerprint density at radius 3 is 2.81 bits per heavy atom. The Balaban J connectivity index is 1.91. The number of nitrogens with zero attached hydrogens (tertiary/aromatic N) is 1. The van der Waals surface area contributed by atoms with Gasteiger partial charge in [0, 0.05) is 10.4 Å². The summed E-state index contributed by atoms with van der Waals surface area (Å²) < 4.78 is 11.0. The molecule has 1 N–H and O–H groups in total. The van der Waals surface area contributed by atoms with Gasteiger partial charge in [0.15, 0.2) is 0 Å². The van der Waals surface area contributed by atoms with Crippen LogP contribution >= 0.6 is 11.3 Å². The van der Waals surface area contributed by atoms with E-state index in [0.717, 1.165) is 36.1 Å². The van der Waals surface area contributed by atoms with Crippen LogP contribution in [0.3, 0.4) is 0 Å². The molecule has 1 aromatic carbocycles. The average Bonchev–Trinajstić information content (AvgIpc) is 3.13. The molecule has 3 rings (SSSR count). The van der Waals surface area contributed by atoms with Crippen molar-refractivity contribution < 1.29 is 19.1 Å². The van der Waals surface area contributed by atoms with Gasteiger partial charge >= 0.3 is 5.97 Å². The first-order chi connectivity index (χ1) is 15.5. The fourth-order valence-corrected chi connectivity index (χ4v) is 5.07. The number of fused-ring (bicyclic) bond motifs is 1. The van der Waals surface area contributed by atoms with Crippen molar-refractivity contribution in [2.24, 2.45) is 5.92 Å². The van der Waals surface area contributed by atoms with Gasteiger partial charge in [-0.2, -0.15) is 5.26 Å². The lowest BCUT2D eigenvalue weighted by atomic mass is 9.88. The van der Waals surface area contributed by atoms with Crippen LogP contribution in [0.5, 0.6) is 5.75 Å². The third-order valence-electron chi connectivity index (χ3n) is 5.26. The number of thiophene rings is 1. The summed E-state index contributed by atoms with van der Waals surface area (Å²) in [5.74, 6) is 0.141. The molecular weight excluding hydrogens is 424 g/mol. The summed E-state index contributed by atoms with van der Waals surface area (Å²) in [6.07, 6.45) is 4.99. The molecule has 1 amide bonds. The van der Waals surface area contributed by atoms with Crippen LogP contribution in [-0.4, -0.2) is 25.1 Å². The molecule has 2 aromatic rings. The highest BCUT2D eigenvalue weighted by Gasteiger charge is 2.29. The number of benzene rings is 1. The molecule has 0 aliphatic heterocycles. The molecule has 0 saturated heterocycles. The minimum absolute atomic E-state index is 0.0629. The standard InChI is InChI=1S/C25H28N2O4S/c1-4-12-31-20-9-7-6-8-17(20)14-18(15-26)23(28)27-24-22(25(29)30-5-2)19-11-10-16(3)13-21(19)32-24/h6-9,14,16H,4-5,10-13H2,1-3H3,(H,27,28)/b18-14+. The summed E-state index contributed by atoms with van der Waals surface area (Å²) in [6.45, 7) is 6.74. The lowest BCUT2D eigenvalue weighted by Crippen LogP contribution is -2.17. The van der Waals surface area contributed by atoms with Crippen molar-refractivity contribution in [2.75, 3.05) is 18.5 Å². The van der Waals surface area contributed by atoms with Gasteiger partial charge in [-0.05, 0) is 56.2 Å². The molecule has 0 saturated carbocycles. The van der Waals surface area contributed by atoms with Crippen molar-refractivity contribution >= 4 is 34.3 Å². The smallest absolute Gasteiger partial charge is 0.341 e. The number of para-hydroxylation sites is 1. The maximum Gasteiger partial charge on any atom is 0.341 e. The third-order valence-corrected chi connectivity index (χ3v) is 6.43. The number of amides is 1. The Hall–Kier alpha value is -3.11. The van der Waals surface area contributed by atoms with Crippen LogP contribution in [0.15, 0.2) is 29.8 Å². The van der Waals surface area contributed by atoms with Crippen molar-refractivity contribution in [1.29, 1.82) is 5.26 Å². The van der Waals surface area contributed by atoms with Gasteiger partial charge in [-0.25, -0.2) is 4.79 Å². The number of carbonyl (C=O) groups is 2. The fourth-order valence-electron chi connectivity index (χ4n) is 3.68. The first-order valence-corrected chi connectivity index (χ1v) is 11.8. The molecule has 0 fully saturated rings. The zero-order chi connectivity index (χ0) is 23.1. The molecule has 1 heterocycles. The molecule has 0 spiro atoms. The van der Waals surface area contributed by atoms with E-state index in [1.807, 2.05) is 31.2 Å². The zero-order valence-corrected chi connectivity index (χ0v) is 19.5. The SMILES string of the molecule is CCCOc1ccccc1/C=C(\C#N)C(=O)Nc1sc2c(c1C(=O)OCC)CCC(C)C2. The highest BCUT2D eigenvalue weighted by molar-refractivity contribution is 7.17. The van der Waals surface area contributed by atoms with Gasteiger partial charge in [0.25, 0.3) is 5.91 Å². The number of nitrogens with one attached hydrogen (secondary N) is 1. The fraction of sp³-hybridized carbons (Fsp3) is 0.400. The van der Waals surface area contributed by atoms with Crippen LogP contribution in [0, 0.1) is 17.2 Å². The molecule has 32 heavy (non-hydrogen) atoms. The summed E-state index contributed by atoms with van der Waals surface area (Å²) in [5.41, 5.74) is 1.98. The molecule has 0 bridgehead atoms.